The lowest BCUT2D eigenvalue weighted by Gasteiger charge is -2.21. The van der Waals surface area contributed by atoms with E-state index in [4.69, 9.17) is 21.2 Å². The van der Waals surface area contributed by atoms with Crippen LogP contribution < -0.4 is 10.9 Å². The highest BCUT2D eigenvalue weighted by Crippen LogP contribution is 2.29. The van der Waals surface area contributed by atoms with Crippen molar-refractivity contribution in [2.24, 2.45) is 0 Å². The van der Waals surface area contributed by atoms with Crippen LogP contribution in [0.2, 0.25) is 5.02 Å². The molecular weight excluding hydrogens is 222 g/mol. The summed E-state index contributed by atoms with van der Waals surface area (Å²) in [5, 5.41) is 19.0. The third-order valence-electron chi connectivity index (χ3n) is 1.92. The molecule has 2 rings (SSSR count). The van der Waals surface area contributed by atoms with Crippen molar-refractivity contribution < 1.29 is 9.62 Å². The molecule has 0 radical (unpaired) electrons. The van der Waals surface area contributed by atoms with E-state index in [9.17, 15) is 10.0 Å². The quantitative estimate of drug-likeness (QED) is 0.595. The Morgan fingerprint density at radius 1 is 1.40 bits per heavy atom. The zero-order chi connectivity index (χ0) is 11.0. The van der Waals surface area contributed by atoms with Crippen LogP contribution in [-0.2, 0) is 0 Å². The molecule has 0 aliphatic carbocycles. The van der Waals surface area contributed by atoms with Gasteiger partial charge in [0, 0.05) is 5.39 Å². The lowest BCUT2D eigenvalue weighted by Crippen LogP contribution is -2.17. The van der Waals surface area contributed by atoms with E-state index >= 15 is 0 Å². The van der Waals surface area contributed by atoms with E-state index in [2.05, 4.69) is 0 Å². The van der Waals surface area contributed by atoms with Gasteiger partial charge in [-0.05, 0) is 12.1 Å². The fourth-order valence-electron chi connectivity index (χ4n) is 1.26. The highest BCUT2D eigenvalue weighted by atomic mass is 35.5. The van der Waals surface area contributed by atoms with Crippen LogP contribution in [0.1, 0.15) is 0 Å². The molecule has 0 saturated heterocycles. The second-order valence-corrected chi connectivity index (χ2v) is 3.20. The van der Waals surface area contributed by atoms with Gasteiger partial charge < -0.3 is 14.9 Å². The predicted molar refractivity (Wildman–Crippen MR) is 55.1 cm³/mol. The molecule has 0 aliphatic heterocycles. The van der Waals surface area contributed by atoms with Crippen LogP contribution >= 0.6 is 11.6 Å². The Morgan fingerprint density at radius 3 is 2.73 bits per heavy atom. The number of para-hydroxylation sites is 1. The molecule has 2 aromatic rings. The molecule has 5 nitrogen and oxygen atoms in total. The van der Waals surface area contributed by atoms with Crippen molar-refractivity contribution in [3.63, 3.8) is 0 Å². The molecule has 6 heteroatoms. The second-order valence-electron chi connectivity index (χ2n) is 2.82. The molecule has 15 heavy (non-hydrogen) atoms. The van der Waals surface area contributed by atoms with Gasteiger partial charge in [0.1, 0.15) is 5.58 Å². The largest absolute Gasteiger partial charge is 0.733 e. The van der Waals surface area contributed by atoms with Crippen molar-refractivity contribution in [2.45, 2.75) is 0 Å². The standard InChI is InChI=1S/C9H5ClNO4/c10-7-5-3-1-2-4-6(5)15-9(12)8(7)11(13)14/h1-4,13H/q-1. The second kappa shape index (κ2) is 3.54. The van der Waals surface area contributed by atoms with E-state index in [1.165, 1.54) is 0 Å². The van der Waals surface area contributed by atoms with Gasteiger partial charge in [0.25, 0.3) is 0 Å². The van der Waals surface area contributed by atoms with E-state index in [1.807, 2.05) is 0 Å². The van der Waals surface area contributed by atoms with E-state index in [0.717, 1.165) is 0 Å². The van der Waals surface area contributed by atoms with Crippen LogP contribution in [0.25, 0.3) is 11.0 Å². The average molecular weight is 227 g/mol. The van der Waals surface area contributed by atoms with Crippen molar-refractivity contribution in [3.05, 3.63) is 44.9 Å². The summed E-state index contributed by atoms with van der Waals surface area (Å²) in [4.78, 5) is 11.2. The van der Waals surface area contributed by atoms with Crippen LogP contribution in [0, 0.1) is 5.21 Å². The number of rotatable bonds is 1. The first kappa shape index (κ1) is 9.97. The van der Waals surface area contributed by atoms with E-state index in [1.54, 1.807) is 24.3 Å². The summed E-state index contributed by atoms with van der Waals surface area (Å²) in [6.07, 6.45) is 0. The highest BCUT2D eigenvalue weighted by molar-refractivity contribution is 6.37. The van der Waals surface area contributed by atoms with Crippen molar-refractivity contribution in [1.82, 2.24) is 0 Å². The molecule has 0 saturated carbocycles. The van der Waals surface area contributed by atoms with Crippen molar-refractivity contribution in [3.8, 4) is 0 Å². The molecule has 1 aromatic heterocycles. The molecule has 0 unspecified atom stereocenters. The minimum absolute atomic E-state index is 0.126. The van der Waals surface area contributed by atoms with Crippen LogP contribution in [0.3, 0.4) is 0 Å². The summed E-state index contributed by atoms with van der Waals surface area (Å²) in [6.45, 7) is 0. The first-order valence-electron chi connectivity index (χ1n) is 3.98. The Bertz CT molecular complexity index is 564. The molecular formula is C9H5ClNO4-. The topological polar surface area (TPSA) is 76.7 Å². The van der Waals surface area contributed by atoms with Crippen LogP contribution in [-0.4, -0.2) is 5.21 Å². The molecule has 78 valence electrons. The molecule has 0 atom stereocenters. The molecule has 1 N–H and O–H groups in total. The average Bonchev–Trinajstić information content (AvgIpc) is 2.17. The normalized spacial score (nSPS) is 10.6. The lowest BCUT2D eigenvalue weighted by atomic mass is 10.2. The van der Waals surface area contributed by atoms with Gasteiger partial charge in [-0.1, -0.05) is 23.7 Å². The van der Waals surface area contributed by atoms with Crippen molar-refractivity contribution in [1.29, 1.82) is 0 Å². The maximum absolute atomic E-state index is 11.2. The molecule has 0 fully saturated rings. The molecule has 0 aliphatic rings. The number of nitrogens with zero attached hydrogens (tertiary/aromatic N) is 1. The number of hydrogen-bond donors (Lipinski definition) is 1. The number of hydrogen-bond acceptors (Lipinski definition) is 5. The van der Waals surface area contributed by atoms with Crippen molar-refractivity contribution >= 4 is 28.3 Å². The minimum atomic E-state index is -0.976. The SMILES string of the molecule is O=c1oc2ccccc2c(Cl)c1N([O-])O. The predicted octanol–water partition coefficient (Wildman–Crippen LogP) is 2.14. The maximum atomic E-state index is 11.2. The zero-order valence-corrected chi connectivity index (χ0v) is 8.06. The van der Waals surface area contributed by atoms with Crippen LogP contribution in [0.4, 0.5) is 5.69 Å². The fourth-order valence-corrected chi connectivity index (χ4v) is 1.57. The monoisotopic (exact) mass is 226 g/mol. The first-order chi connectivity index (χ1) is 7.11. The molecule has 0 bridgehead atoms. The van der Waals surface area contributed by atoms with Gasteiger partial charge in [-0.25, -0.2) is 4.79 Å². The Balaban J connectivity index is 2.90. The van der Waals surface area contributed by atoms with Crippen LogP contribution in [0.5, 0.6) is 0 Å². The summed E-state index contributed by atoms with van der Waals surface area (Å²) < 4.78 is 4.79. The van der Waals surface area contributed by atoms with Gasteiger partial charge in [-0.3, -0.25) is 5.21 Å². The fraction of sp³-hybridized carbons (Fsp3) is 0. The number of benzene rings is 1. The number of fused-ring (bicyclic) bond motifs is 1. The maximum Gasteiger partial charge on any atom is 0.363 e. The van der Waals surface area contributed by atoms with E-state index in [0.29, 0.717) is 5.39 Å². The lowest BCUT2D eigenvalue weighted by molar-refractivity contribution is 0.292. The smallest absolute Gasteiger partial charge is 0.363 e. The third kappa shape index (κ3) is 1.56. The summed E-state index contributed by atoms with van der Waals surface area (Å²) in [5.74, 6) is 0. The van der Waals surface area contributed by atoms with Gasteiger partial charge >= 0.3 is 5.63 Å². The van der Waals surface area contributed by atoms with Gasteiger partial charge in [0.05, 0.1) is 5.02 Å². The Hall–Kier alpha value is -1.56. The van der Waals surface area contributed by atoms with Gasteiger partial charge in [0.15, 0.2) is 5.69 Å². The van der Waals surface area contributed by atoms with Crippen LogP contribution in [0.15, 0.2) is 33.5 Å². The Labute approximate surface area is 88.6 Å². The molecule has 0 spiro atoms. The summed E-state index contributed by atoms with van der Waals surface area (Å²) >= 11 is 5.78. The first-order valence-corrected chi connectivity index (χ1v) is 4.36. The Morgan fingerprint density at radius 2 is 2.07 bits per heavy atom. The summed E-state index contributed by atoms with van der Waals surface area (Å²) in [6, 6.07) is 6.45. The molecule has 0 amide bonds. The summed E-state index contributed by atoms with van der Waals surface area (Å²) in [7, 11) is 0. The van der Waals surface area contributed by atoms with E-state index < -0.39 is 16.5 Å². The summed E-state index contributed by atoms with van der Waals surface area (Å²) in [5.41, 5.74) is -1.33. The van der Waals surface area contributed by atoms with E-state index in [-0.39, 0.29) is 10.6 Å². The Kier molecular flexibility index (Phi) is 2.36. The van der Waals surface area contributed by atoms with Crippen molar-refractivity contribution in [2.75, 3.05) is 5.23 Å². The van der Waals surface area contributed by atoms with Gasteiger partial charge in [0.2, 0.25) is 0 Å². The number of halogens is 1. The minimum Gasteiger partial charge on any atom is -0.733 e. The van der Waals surface area contributed by atoms with Gasteiger partial charge in [-0.2, -0.15) is 0 Å². The number of anilines is 1. The molecule has 1 aromatic carbocycles. The molecule has 1 heterocycles. The van der Waals surface area contributed by atoms with Gasteiger partial charge in [-0.15, -0.1) is 0 Å². The zero-order valence-electron chi connectivity index (χ0n) is 7.31. The third-order valence-corrected chi connectivity index (χ3v) is 2.30. The highest BCUT2D eigenvalue weighted by Gasteiger charge is 2.12.